The van der Waals surface area contributed by atoms with Crippen LogP contribution in [0.4, 0.5) is 0 Å². The Morgan fingerprint density at radius 1 is 1.00 bits per heavy atom. The van der Waals surface area contributed by atoms with Crippen molar-refractivity contribution in [3.8, 4) is 0 Å². The summed E-state index contributed by atoms with van der Waals surface area (Å²) in [6.07, 6.45) is 4.02. The maximum Gasteiger partial charge on any atom is 0.244 e. The van der Waals surface area contributed by atoms with Crippen LogP contribution >= 0.6 is 27.5 Å². The van der Waals surface area contributed by atoms with Crippen molar-refractivity contribution < 1.29 is 4.79 Å². The lowest BCUT2D eigenvalue weighted by Gasteiger charge is -2.05. The Kier molecular flexibility index (Phi) is 6.31. The summed E-state index contributed by atoms with van der Waals surface area (Å²) in [6, 6.07) is 23.6. The molecule has 30 heavy (non-hydrogen) atoms. The smallest absolute Gasteiger partial charge is 0.244 e. The van der Waals surface area contributed by atoms with Gasteiger partial charge in [-0.1, -0.05) is 70.0 Å². The van der Waals surface area contributed by atoms with E-state index in [0.29, 0.717) is 0 Å². The van der Waals surface area contributed by atoms with Crippen molar-refractivity contribution >= 4 is 50.6 Å². The zero-order valence-electron chi connectivity index (χ0n) is 16.1. The van der Waals surface area contributed by atoms with Crippen molar-refractivity contribution in [3.05, 3.63) is 105 Å². The zero-order valence-corrected chi connectivity index (χ0v) is 18.4. The number of fused-ring (bicyclic) bond motifs is 1. The third-order valence-electron chi connectivity index (χ3n) is 4.76. The molecule has 0 aliphatic carbocycles. The van der Waals surface area contributed by atoms with Crippen LogP contribution in [0.15, 0.2) is 88.6 Å². The fourth-order valence-corrected chi connectivity index (χ4v) is 3.69. The van der Waals surface area contributed by atoms with Crippen LogP contribution in [0.2, 0.25) is 5.02 Å². The number of amides is 1. The molecule has 0 aliphatic heterocycles. The summed E-state index contributed by atoms with van der Waals surface area (Å²) in [7, 11) is 0. The van der Waals surface area contributed by atoms with Crippen LogP contribution in [0.3, 0.4) is 0 Å². The molecule has 0 bridgehead atoms. The lowest BCUT2D eigenvalue weighted by molar-refractivity contribution is -0.120. The van der Waals surface area contributed by atoms with E-state index in [9.17, 15) is 4.79 Å². The van der Waals surface area contributed by atoms with E-state index >= 15 is 0 Å². The molecule has 3 aromatic carbocycles. The van der Waals surface area contributed by atoms with Gasteiger partial charge in [0.2, 0.25) is 5.91 Å². The van der Waals surface area contributed by atoms with E-state index < -0.39 is 0 Å². The van der Waals surface area contributed by atoms with Gasteiger partial charge >= 0.3 is 0 Å². The van der Waals surface area contributed by atoms with Crippen LogP contribution in [0.5, 0.6) is 0 Å². The van der Waals surface area contributed by atoms with Gasteiger partial charge in [-0.3, -0.25) is 4.79 Å². The second kappa shape index (κ2) is 9.28. The summed E-state index contributed by atoms with van der Waals surface area (Å²) >= 11 is 9.39. The predicted octanol–water partition coefficient (Wildman–Crippen LogP) is 5.80. The van der Waals surface area contributed by atoms with Crippen LogP contribution in [0.1, 0.15) is 16.7 Å². The Morgan fingerprint density at radius 2 is 1.70 bits per heavy atom. The van der Waals surface area contributed by atoms with Crippen molar-refractivity contribution in [2.75, 3.05) is 0 Å². The minimum atomic E-state index is -0.154. The lowest BCUT2D eigenvalue weighted by Crippen LogP contribution is -2.19. The molecule has 4 rings (SSSR count). The average molecular weight is 481 g/mol. The van der Waals surface area contributed by atoms with E-state index in [4.69, 9.17) is 11.6 Å². The van der Waals surface area contributed by atoms with Gasteiger partial charge in [-0.2, -0.15) is 5.10 Å². The Bertz CT molecular complexity index is 1200. The highest BCUT2D eigenvalue weighted by Crippen LogP contribution is 2.22. The molecular formula is C24H19BrClN3O. The molecule has 0 aliphatic rings. The molecule has 0 spiro atoms. The predicted molar refractivity (Wildman–Crippen MR) is 126 cm³/mol. The molecular weight excluding hydrogens is 462 g/mol. The van der Waals surface area contributed by atoms with E-state index in [0.717, 1.165) is 43.6 Å². The van der Waals surface area contributed by atoms with Gasteiger partial charge in [-0.15, -0.1) is 0 Å². The van der Waals surface area contributed by atoms with Crippen LogP contribution in [-0.2, 0) is 17.8 Å². The number of hydrogen-bond acceptors (Lipinski definition) is 2. The summed E-state index contributed by atoms with van der Waals surface area (Å²) in [5.41, 5.74) is 6.77. The molecule has 1 aromatic heterocycles. The van der Waals surface area contributed by atoms with Gasteiger partial charge in [-0.05, 0) is 41.5 Å². The third kappa shape index (κ3) is 4.99. The number of rotatable bonds is 6. The monoisotopic (exact) mass is 479 g/mol. The Morgan fingerprint density at radius 3 is 2.47 bits per heavy atom. The highest BCUT2D eigenvalue weighted by molar-refractivity contribution is 9.10. The van der Waals surface area contributed by atoms with Crippen LogP contribution < -0.4 is 5.43 Å². The van der Waals surface area contributed by atoms with Gasteiger partial charge in [0.15, 0.2) is 0 Å². The number of para-hydroxylation sites is 1. The van der Waals surface area contributed by atoms with Crippen LogP contribution in [0, 0.1) is 0 Å². The zero-order chi connectivity index (χ0) is 20.9. The molecule has 0 saturated carbocycles. The van der Waals surface area contributed by atoms with Crippen molar-refractivity contribution in [2.45, 2.75) is 13.0 Å². The molecule has 1 N–H and O–H groups in total. The Balaban J connectivity index is 1.49. The molecule has 150 valence electrons. The molecule has 4 aromatic rings. The standard InChI is InChI=1S/C24H19BrClN3O/c25-20-9-5-17(6-10-20)13-24(30)28-27-14-19-16-29(23-4-2-1-3-22(19)23)15-18-7-11-21(26)12-8-18/h1-12,14,16H,13,15H2,(H,28,30)/b27-14+. The average Bonchev–Trinajstić information content (AvgIpc) is 3.09. The number of nitrogens with zero attached hydrogens (tertiary/aromatic N) is 2. The van der Waals surface area contributed by atoms with Gasteiger partial charge in [0.05, 0.1) is 12.6 Å². The first-order valence-corrected chi connectivity index (χ1v) is 10.6. The number of nitrogens with one attached hydrogen (secondary N) is 1. The third-order valence-corrected chi connectivity index (χ3v) is 5.54. The fraction of sp³-hybridized carbons (Fsp3) is 0.0833. The summed E-state index contributed by atoms with van der Waals surface area (Å²) in [5, 5.41) is 5.98. The number of hydrazone groups is 1. The maximum atomic E-state index is 12.2. The molecule has 4 nitrogen and oxygen atoms in total. The van der Waals surface area contributed by atoms with Gasteiger partial charge < -0.3 is 4.57 Å². The molecule has 0 radical (unpaired) electrons. The van der Waals surface area contributed by atoms with Gasteiger partial charge in [0.1, 0.15) is 0 Å². The number of halogens is 2. The highest BCUT2D eigenvalue weighted by Gasteiger charge is 2.08. The molecule has 1 heterocycles. The second-order valence-corrected chi connectivity index (χ2v) is 8.30. The molecule has 0 unspecified atom stereocenters. The minimum Gasteiger partial charge on any atom is -0.342 e. The number of carbonyl (C=O) groups excluding carboxylic acids is 1. The lowest BCUT2D eigenvalue weighted by atomic mass is 10.1. The molecule has 6 heteroatoms. The quantitative estimate of drug-likeness (QED) is 0.275. The van der Waals surface area contributed by atoms with E-state index in [-0.39, 0.29) is 12.3 Å². The van der Waals surface area contributed by atoms with Crippen molar-refractivity contribution in [1.29, 1.82) is 0 Å². The minimum absolute atomic E-state index is 0.154. The maximum absolute atomic E-state index is 12.2. The molecule has 1 amide bonds. The molecule has 0 atom stereocenters. The van der Waals surface area contributed by atoms with E-state index in [1.807, 2.05) is 66.9 Å². The van der Waals surface area contributed by atoms with Gasteiger partial charge in [0.25, 0.3) is 0 Å². The summed E-state index contributed by atoms with van der Waals surface area (Å²) in [5.74, 6) is -0.154. The van der Waals surface area contributed by atoms with Crippen LogP contribution in [-0.4, -0.2) is 16.7 Å². The topological polar surface area (TPSA) is 46.4 Å². The largest absolute Gasteiger partial charge is 0.342 e. The fourth-order valence-electron chi connectivity index (χ4n) is 3.30. The van der Waals surface area contributed by atoms with Crippen LogP contribution in [0.25, 0.3) is 10.9 Å². The highest BCUT2D eigenvalue weighted by atomic mass is 79.9. The van der Waals surface area contributed by atoms with Crippen molar-refractivity contribution in [3.63, 3.8) is 0 Å². The number of aromatic nitrogens is 1. The Labute approximate surface area is 188 Å². The van der Waals surface area contributed by atoms with E-state index in [1.165, 1.54) is 0 Å². The number of benzene rings is 3. The van der Waals surface area contributed by atoms with Crippen molar-refractivity contribution in [1.82, 2.24) is 9.99 Å². The van der Waals surface area contributed by atoms with Crippen molar-refractivity contribution in [2.24, 2.45) is 5.10 Å². The summed E-state index contributed by atoms with van der Waals surface area (Å²) in [4.78, 5) is 12.2. The summed E-state index contributed by atoms with van der Waals surface area (Å²) < 4.78 is 3.16. The first kappa shape index (κ1) is 20.4. The normalized spacial score (nSPS) is 11.3. The van der Waals surface area contributed by atoms with Gasteiger partial charge in [-0.25, -0.2) is 5.43 Å². The number of carbonyl (C=O) groups is 1. The summed E-state index contributed by atoms with van der Waals surface area (Å²) in [6.45, 7) is 0.724. The second-order valence-electron chi connectivity index (χ2n) is 6.95. The first-order chi connectivity index (χ1) is 14.6. The van der Waals surface area contributed by atoms with Gasteiger partial charge in [0, 0.05) is 38.7 Å². The van der Waals surface area contributed by atoms with E-state index in [1.54, 1.807) is 6.21 Å². The Hall–Kier alpha value is -2.89. The van der Waals surface area contributed by atoms with E-state index in [2.05, 4.69) is 43.2 Å². The first-order valence-electron chi connectivity index (χ1n) is 9.47. The molecule has 0 fully saturated rings. The number of hydrogen-bond donors (Lipinski definition) is 1. The SMILES string of the molecule is O=C(Cc1ccc(Br)cc1)N/N=C/c1cn(Cc2ccc(Cl)cc2)c2ccccc12. The molecule has 0 saturated heterocycles.